The third kappa shape index (κ3) is 7.01. The number of aryl methyl sites for hydroxylation is 2. The Labute approximate surface area is 249 Å². The second-order valence-corrected chi connectivity index (χ2v) is 14.3. The summed E-state index contributed by atoms with van der Waals surface area (Å²) in [6.45, 7) is 3.58. The average Bonchev–Trinajstić information content (AvgIpc) is 3.00. The Morgan fingerprint density at radius 2 is 0.857 bits per heavy atom. The van der Waals surface area contributed by atoms with Crippen LogP contribution in [0, 0.1) is 25.7 Å². The molecule has 8 heteroatoms. The quantitative estimate of drug-likeness (QED) is 0.181. The molecular weight excluding hydrogens is 569 g/mol. The Hall–Kier alpha value is -3.30. The highest BCUT2D eigenvalue weighted by Gasteiger charge is 2.42. The van der Waals surface area contributed by atoms with Crippen molar-refractivity contribution in [2.75, 3.05) is 13.2 Å². The predicted octanol–water partition coefficient (Wildman–Crippen LogP) is 7.01. The largest absolute Gasteiger partial charge is 0.296 e. The van der Waals surface area contributed by atoms with E-state index in [0.717, 1.165) is 35.1 Å². The molecule has 0 saturated heterocycles. The van der Waals surface area contributed by atoms with Gasteiger partial charge in [-0.1, -0.05) is 96.1 Å². The molecule has 1 aliphatic carbocycles. The highest BCUT2D eigenvalue weighted by molar-refractivity contribution is 7.87. The summed E-state index contributed by atoms with van der Waals surface area (Å²) in [6.07, 6.45) is 1.59. The number of rotatable bonds is 10. The van der Waals surface area contributed by atoms with Crippen LogP contribution in [0.25, 0.3) is 0 Å². The summed E-state index contributed by atoms with van der Waals surface area (Å²) in [5.41, 5.74) is 4.03. The van der Waals surface area contributed by atoms with Crippen LogP contribution in [0.15, 0.2) is 119 Å². The van der Waals surface area contributed by atoms with Crippen molar-refractivity contribution in [3.8, 4) is 0 Å². The Morgan fingerprint density at radius 3 is 1.19 bits per heavy atom. The van der Waals surface area contributed by atoms with Crippen LogP contribution in [0.1, 0.15) is 46.9 Å². The molecule has 5 rings (SSSR count). The summed E-state index contributed by atoms with van der Waals surface area (Å²) in [4.78, 5) is 0.184. The van der Waals surface area contributed by atoms with Crippen LogP contribution < -0.4 is 0 Å². The topological polar surface area (TPSA) is 86.7 Å². The van der Waals surface area contributed by atoms with E-state index in [2.05, 4.69) is 0 Å². The first-order valence-electron chi connectivity index (χ1n) is 14.2. The molecule has 0 aromatic heterocycles. The monoisotopic (exact) mass is 604 g/mol. The molecule has 0 spiro atoms. The van der Waals surface area contributed by atoms with Gasteiger partial charge in [0.15, 0.2) is 0 Å². The summed E-state index contributed by atoms with van der Waals surface area (Å²) < 4.78 is 64.6. The van der Waals surface area contributed by atoms with Crippen molar-refractivity contribution in [2.24, 2.45) is 11.8 Å². The van der Waals surface area contributed by atoms with Crippen molar-refractivity contribution in [3.05, 3.63) is 131 Å². The lowest BCUT2D eigenvalue weighted by Gasteiger charge is -2.43. The molecule has 0 aliphatic heterocycles. The average molecular weight is 605 g/mol. The molecule has 0 amide bonds. The normalized spacial score (nSPS) is 21.2. The van der Waals surface area contributed by atoms with Gasteiger partial charge in [0.1, 0.15) is 0 Å². The van der Waals surface area contributed by atoms with Crippen LogP contribution in [-0.4, -0.2) is 30.0 Å². The van der Waals surface area contributed by atoms with Gasteiger partial charge in [-0.3, -0.25) is 8.37 Å². The van der Waals surface area contributed by atoms with Gasteiger partial charge in [-0.2, -0.15) is 16.8 Å². The maximum atomic E-state index is 13.3. The minimum absolute atomic E-state index is 0.0462. The van der Waals surface area contributed by atoms with E-state index in [1.807, 2.05) is 74.5 Å². The van der Waals surface area contributed by atoms with E-state index in [9.17, 15) is 16.8 Å². The molecule has 4 aromatic carbocycles. The number of hydrogen-bond donors (Lipinski definition) is 0. The second kappa shape index (κ2) is 12.9. The van der Waals surface area contributed by atoms with Gasteiger partial charge in [0.05, 0.1) is 23.0 Å². The first kappa shape index (κ1) is 30.2. The summed E-state index contributed by atoms with van der Waals surface area (Å²) in [5.74, 6) is -0.760. The fraction of sp³-hybridized carbons (Fsp3) is 0.294. The standard InChI is InChI=1S/C34H36O6S2/c1-25-13-17-29(18-14-25)41(35,36)39-23-33-31(27-9-5-3-6-10-27)21-22-32(28-11-7-4-8-12-28)34(33)24-40-42(37,38)30-19-15-26(2)16-20-30/h3-20,31-34H,21-24H2,1-2H3/t31-,32+,33+,34-. The van der Waals surface area contributed by atoms with E-state index in [4.69, 9.17) is 8.37 Å². The van der Waals surface area contributed by atoms with Crippen LogP contribution in [-0.2, 0) is 28.6 Å². The fourth-order valence-corrected chi connectivity index (χ4v) is 7.86. The van der Waals surface area contributed by atoms with Gasteiger partial charge in [0, 0.05) is 0 Å². The van der Waals surface area contributed by atoms with Gasteiger partial charge < -0.3 is 0 Å². The van der Waals surface area contributed by atoms with Crippen molar-refractivity contribution < 1.29 is 25.2 Å². The zero-order valence-corrected chi connectivity index (χ0v) is 25.4. The third-order valence-electron chi connectivity index (χ3n) is 8.28. The smallest absolute Gasteiger partial charge is 0.266 e. The summed E-state index contributed by atoms with van der Waals surface area (Å²) >= 11 is 0. The van der Waals surface area contributed by atoms with Gasteiger partial charge in [-0.25, -0.2) is 0 Å². The molecule has 4 atom stereocenters. The highest BCUT2D eigenvalue weighted by atomic mass is 32.2. The molecule has 42 heavy (non-hydrogen) atoms. The lowest BCUT2D eigenvalue weighted by molar-refractivity contribution is 0.0751. The summed E-state index contributed by atoms with van der Waals surface area (Å²) in [6, 6.07) is 33.0. The van der Waals surface area contributed by atoms with E-state index in [1.54, 1.807) is 48.5 Å². The molecule has 1 saturated carbocycles. The maximum Gasteiger partial charge on any atom is 0.296 e. The summed E-state index contributed by atoms with van der Waals surface area (Å²) in [5, 5.41) is 0. The van der Waals surface area contributed by atoms with Gasteiger partial charge in [0.2, 0.25) is 0 Å². The zero-order chi connectivity index (χ0) is 29.7. The van der Waals surface area contributed by atoms with Crippen molar-refractivity contribution >= 4 is 20.2 Å². The lowest BCUT2D eigenvalue weighted by atomic mass is 9.63. The molecule has 0 bridgehead atoms. The van der Waals surface area contributed by atoms with Crippen LogP contribution in [0.2, 0.25) is 0 Å². The zero-order valence-electron chi connectivity index (χ0n) is 23.8. The molecular formula is C34H36O6S2. The molecule has 0 unspecified atom stereocenters. The summed E-state index contributed by atoms with van der Waals surface area (Å²) in [7, 11) is -8.07. The minimum atomic E-state index is -4.04. The van der Waals surface area contributed by atoms with Crippen LogP contribution in [0.3, 0.4) is 0 Å². The number of benzene rings is 4. The molecule has 1 fully saturated rings. The van der Waals surface area contributed by atoms with Crippen molar-refractivity contribution in [3.63, 3.8) is 0 Å². The van der Waals surface area contributed by atoms with E-state index in [-0.39, 0.29) is 46.7 Å². The molecule has 6 nitrogen and oxygen atoms in total. The predicted molar refractivity (Wildman–Crippen MR) is 163 cm³/mol. The minimum Gasteiger partial charge on any atom is -0.266 e. The Kier molecular flexibility index (Phi) is 9.28. The Morgan fingerprint density at radius 1 is 0.524 bits per heavy atom. The lowest BCUT2D eigenvalue weighted by Crippen LogP contribution is -2.39. The van der Waals surface area contributed by atoms with Gasteiger partial charge >= 0.3 is 0 Å². The second-order valence-electron chi connectivity index (χ2n) is 11.0. The highest BCUT2D eigenvalue weighted by Crippen LogP contribution is 2.49. The molecule has 4 aromatic rings. The van der Waals surface area contributed by atoms with E-state index >= 15 is 0 Å². The maximum absolute atomic E-state index is 13.3. The molecule has 0 heterocycles. The van der Waals surface area contributed by atoms with Crippen LogP contribution in [0.5, 0.6) is 0 Å². The van der Waals surface area contributed by atoms with E-state index in [0.29, 0.717) is 0 Å². The Bertz CT molecular complexity index is 1540. The molecule has 0 radical (unpaired) electrons. The van der Waals surface area contributed by atoms with E-state index in [1.165, 1.54) is 0 Å². The number of hydrogen-bond acceptors (Lipinski definition) is 6. The Balaban J connectivity index is 1.50. The SMILES string of the molecule is Cc1ccc(S(=O)(=O)OC[C@@H]2[C@H](COS(=O)(=O)c3ccc(C)cc3)[C@H](c3ccccc3)CC[C@@H]2c2ccccc2)cc1. The van der Waals surface area contributed by atoms with Crippen molar-refractivity contribution in [1.82, 2.24) is 0 Å². The van der Waals surface area contributed by atoms with Crippen LogP contribution >= 0.6 is 0 Å². The van der Waals surface area contributed by atoms with Gasteiger partial charge in [0.25, 0.3) is 20.2 Å². The van der Waals surface area contributed by atoms with E-state index < -0.39 is 20.2 Å². The van der Waals surface area contributed by atoms with Gasteiger partial charge in [-0.05, 0) is 85.8 Å². The first-order chi connectivity index (χ1) is 20.1. The third-order valence-corrected chi connectivity index (χ3v) is 10.9. The van der Waals surface area contributed by atoms with Gasteiger partial charge in [-0.15, -0.1) is 0 Å². The molecule has 0 N–H and O–H groups in total. The van der Waals surface area contributed by atoms with Crippen molar-refractivity contribution in [1.29, 1.82) is 0 Å². The van der Waals surface area contributed by atoms with Crippen LogP contribution in [0.4, 0.5) is 0 Å². The first-order valence-corrected chi connectivity index (χ1v) is 17.0. The fourth-order valence-electron chi connectivity index (χ4n) is 5.97. The molecule has 1 aliphatic rings. The molecule has 220 valence electrons. The van der Waals surface area contributed by atoms with Crippen molar-refractivity contribution in [2.45, 2.75) is 48.3 Å².